The molecule has 2 heterocycles. The van der Waals surface area contributed by atoms with Gasteiger partial charge in [-0.25, -0.2) is 13.1 Å². The molecule has 0 radical (unpaired) electrons. The molecule has 0 fully saturated rings. The number of aromatic nitrogens is 1. The van der Waals surface area contributed by atoms with Gasteiger partial charge in [-0.15, -0.1) is 11.3 Å². The molecule has 2 rings (SSSR count). The first-order chi connectivity index (χ1) is 8.49. The number of hydrogen-bond acceptors (Lipinski definition) is 4. The van der Waals surface area contributed by atoms with Crippen LogP contribution in [0.15, 0.2) is 44.7 Å². The molecule has 0 bridgehead atoms. The fourth-order valence-electron chi connectivity index (χ4n) is 1.43. The molecule has 0 aromatic carbocycles. The van der Waals surface area contributed by atoms with Gasteiger partial charge in [0.25, 0.3) is 10.0 Å². The molecule has 7 heteroatoms. The van der Waals surface area contributed by atoms with Crippen molar-refractivity contribution in [2.45, 2.75) is 17.2 Å². The van der Waals surface area contributed by atoms with Gasteiger partial charge in [0.05, 0.1) is 3.79 Å². The zero-order valence-corrected chi connectivity index (χ0v) is 12.7. The number of thiophene rings is 1. The lowest BCUT2D eigenvalue weighted by molar-refractivity contribution is 0.568. The molecule has 0 amide bonds. The molecule has 2 aromatic rings. The maximum absolute atomic E-state index is 12.1. The Labute approximate surface area is 118 Å². The van der Waals surface area contributed by atoms with Gasteiger partial charge >= 0.3 is 0 Å². The van der Waals surface area contributed by atoms with Crippen LogP contribution in [0.3, 0.4) is 0 Å². The van der Waals surface area contributed by atoms with Crippen LogP contribution >= 0.6 is 27.3 Å². The third kappa shape index (κ3) is 3.17. The second kappa shape index (κ2) is 5.48. The summed E-state index contributed by atoms with van der Waals surface area (Å²) in [6.45, 7) is 1.79. The third-order valence-electron chi connectivity index (χ3n) is 2.33. The van der Waals surface area contributed by atoms with Crippen LogP contribution in [0.5, 0.6) is 0 Å². The van der Waals surface area contributed by atoms with Crippen LogP contribution in [-0.4, -0.2) is 13.4 Å². The molecule has 0 spiro atoms. The van der Waals surface area contributed by atoms with Crippen LogP contribution in [0.4, 0.5) is 0 Å². The number of halogens is 1. The first-order valence-corrected chi connectivity index (χ1v) is 8.26. The minimum absolute atomic E-state index is 0.296. The summed E-state index contributed by atoms with van der Waals surface area (Å²) in [6.07, 6.45) is 3.30. The standard InChI is InChI=1S/C11H11BrN2O2S2/c1-8(9-3-2-6-13-7-9)14-18(15,16)11-5-4-10(12)17-11/h2-8,14H,1H3/t8-/m1/s1. The van der Waals surface area contributed by atoms with Gasteiger partial charge in [0, 0.05) is 18.4 Å². The van der Waals surface area contributed by atoms with Crippen molar-refractivity contribution in [3.63, 3.8) is 0 Å². The Hall–Kier alpha value is -0.760. The Bertz CT molecular complexity index is 626. The summed E-state index contributed by atoms with van der Waals surface area (Å²) >= 11 is 4.43. The van der Waals surface area contributed by atoms with Crippen molar-refractivity contribution in [1.29, 1.82) is 0 Å². The highest BCUT2D eigenvalue weighted by atomic mass is 79.9. The predicted molar refractivity (Wildman–Crippen MR) is 75.0 cm³/mol. The van der Waals surface area contributed by atoms with Crippen molar-refractivity contribution < 1.29 is 8.42 Å². The minimum atomic E-state index is -3.48. The first kappa shape index (κ1) is 13.7. The van der Waals surface area contributed by atoms with Crippen LogP contribution in [0.1, 0.15) is 18.5 Å². The summed E-state index contributed by atoms with van der Waals surface area (Å²) in [7, 11) is -3.48. The predicted octanol–water partition coefficient (Wildman–Crippen LogP) is 2.95. The summed E-state index contributed by atoms with van der Waals surface area (Å²) in [5.41, 5.74) is 0.830. The van der Waals surface area contributed by atoms with E-state index in [9.17, 15) is 8.42 Å². The van der Waals surface area contributed by atoms with Crippen molar-refractivity contribution >= 4 is 37.3 Å². The monoisotopic (exact) mass is 346 g/mol. The quantitative estimate of drug-likeness (QED) is 0.925. The molecule has 1 N–H and O–H groups in total. The van der Waals surface area contributed by atoms with E-state index in [1.807, 2.05) is 6.07 Å². The molecule has 0 unspecified atom stereocenters. The lowest BCUT2D eigenvalue weighted by Crippen LogP contribution is -2.26. The molecule has 4 nitrogen and oxygen atoms in total. The van der Waals surface area contributed by atoms with Gasteiger partial charge in [-0.05, 0) is 46.6 Å². The van der Waals surface area contributed by atoms with Crippen molar-refractivity contribution in [3.8, 4) is 0 Å². The van der Waals surface area contributed by atoms with E-state index in [4.69, 9.17) is 0 Å². The summed E-state index contributed by atoms with van der Waals surface area (Å²) in [6, 6.07) is 6.59. The highest BCUT2D eigenvalue weighted by Gasteiger charge is 2.20. The van der Waals surface area contributed by atoms with E-state index in [2.05, 4.69) is 25.6 Å². The van der Waals surface area contributed by atoms with Gasteiger partial charge in [0.2, 0.25) is 0 Å². The molecule has 18 heavy (non-hydrogen) atoms. The average molecular weight is 347 g/mol. The Balaban J connectivity index is 2.19. The van der Waals surface area contributed by atoms with Crippen LogP contribution in [-0.2, 0) is 10.0 Å². The van der Waals surface area contributed by atoms with Gasteiger partial charge in [0.1, 0.15) is 4.21 Å². The summed E-state index contributed by atoms with van der Waals surface area (Å²) in [4.78, 5) is 3.97. The number of nitrogens with one attached hydrogen (secondary N) is 1. The third-order valence-corrected chi connectivity index (χ3v) is 5.99. The van der Waals surface area contributed by atoms with Crippen molar-refractivity contribution in [3.05, 3.63) is 46.0 Å². The summed E-state index contributed by atoms with van der Waals surface area (Å²) in [5, 5.41) is 0. The second-order valence-electron chi connectivity index (χ2n) is 3.69. The molecular weight excluding hydrogens is 336 g/mol. The summed E-state index contributed by atoms with van der Waals surface area (Å²) in [5.74, 6) is 0. The van der Waals surface area contributed by atoms with Gasteiger partial charge in [-0.1, -0.05) is 6.07 Å². The van der Waals surface area contributed by atoms with E-state index in [0.717, 1.165) is 9.35 Å². The van der Waals surface area contributed by atoms with E-state index >= 15 is 0 Å². The lowest BCUT2D eigenvalue weighted by atomic mass is 10.2. The zero-order chi connectivity index (χ0) is 13.2. The molecule has 0 aliphatic carbocycles. The Kier molecular flexibility index (Phi) is 4.16. The maximum Gasteiger partial charge on any atom is 0.250 e. The first-order valence-electron chi connectivity index (χ1n) is 5.16. The van der Waals surface area contributed by atoms with Crippen molar-refractivity contribution in [1.82, 2.24) is 9.71 Å². The SMILES string of the molecule is C[C@@H](NS(=O)(=O)c1ccc(Br)s1)c1cccnc1. The Morgan fingerprint density at radius 1 is 1.39 bits per heavy atom. The van der Waals surface area contributed by atoms with Crippen LogP contribution in [0, 0.1) is 0 Å². The molecule has 0 aliphatic heterocycles. The molecule has 0 saturated heterocycles. The second-order valence-corrected chi connectivity index (χ2v) is 8.09. The average Bonchev–Trinajstić information content (AvgIpc) is 2.77. The normalized spacial score (nSPS) is 13.4. The number of nitrogens with zero attached hydrogens (tertiary/aromatic N) is 1. The molecule has 0 saturated carbocycles. The Morgan fingerprint density at radius 2 is 2.17 bits per heavy atom. The molecular formula is C11H11BrN2O2S2. The number of sulfonamides is 1. The lowest BCUT2D eigenvalue weighted by Gasteiger charge is -2.13. The summed E-state index contributed by atoms with van der Waals surface area (Å²) < 4.78 is 27.9. The Morgan fingerprint density at radius 3 is 2.72 bits per heavy atom. The smallest absolute Gasteiger partial charge is 0.250 e. The number of pyridine rings is 1. The zero-order valence-electron chi connectivity index (χ0n) is 9.50. The van der Waals surface area contributed by atoms with E-state index in [0.29, 0.717) is 4.21 Å². The van der Waals surface area contributed by atoms with Crippen LogP contribution < -0.4 is 4.72 Å². The van der Waals surface area contributed by atoms with Gasteiger partial charge in [-0.3, -0.25) is 4.98 Å². The fourth-order valence-corrected chi connectivity index (χ4v) is 4.69. The maximum atomic E-state index is 12.1. The number of rotatable bonds is 4. The van der Waals surface area contributed by atoms with Crippen molar-refractivity contribution in [2.75, 3.05) is 0 Å². The van der Waals surface area contributed by atoms with E-state index in [1.165, 1.54) is 11.3 Å². The van der Waals surface area contributed by atoms with Crippen LogP contribution in [0.2, 0.25) is 0 Å². The van der Waals surface area contributed by atoms with E-state index < -0.39 is 10.0 Å². The fraction of sp³-hybridized carbons (Fsp3) is 0.182. The molecule has 2 aromatic heterocycles. The van der Waals surface area contributed by atoms with Gasteiger partial charge in [-0.2, -0.15) is 0 Å². The highest BCUT2D eigenvalue weighted by Crippen LogP contribution is 2.27. The van der Waals surface area contributed by atoms with E-state index in [-0.39, 0.29) is 6.04 Å². The van der Waals surface area contributed by atoms with E-state index in [1.54, 1.807) is 37.5 Å². The topological polar surface area (TPSA) is 59.1 Å². The van der Waals surface area contributed by atoms with Gasteiger partial charge in [0.15, 0.2) is 0 Å². The highest BCUT2D eigenvalue weighted by molar-refractivity contribution is 9.11. The molecule has 96 valence electrons. The molecule has 0 aliphatic rings. The van der Waals surface area contributed by atoms with Crippen molar-refractivity contribution in [2.24, 2.45) is 0 Å². The minimum Gasteiger partial charge on any atom is -0.264 e. The number of hydrogen-bond donors (Lipinski definition) is 1. The van der Waals surface area contributed by atoms with Crippen LogP contribution in [0.25, 0.3) is 0 Å². The molecule has 1 atom stereocenters. The van der Waals surface area contributed by atoms with Gasteiger partial charge < -0.3 is 0 Å². The largest absolute Gasteiger partial charge is 0.264 e.